The molecule has 1 aromatic carbocycles. The van der Waals surface area contributed by atoms with Crippen LogP contribution in [-0.4, -0.2) is 73.3 Å². The summed E-state index contributed by atoms with van der Waals surface area (Å²) in [7, 11) is -2.68. The van der Waals surface area contributed by atoms with Gasteiger partial charge in [0, 0.05) is 24.4 Å². The molecule has 2 aliphatic heterocycles. The molecule has 46 heavy (non-hydrogen) atoms. The van der Waals surface area contributed by atoms with Gasteiger partial charge in [-0.15, -0.1) is 6.58 Å². The predicted octanol–water partition coefficient (Wildman–Crippen LogP) is 8.99. The van der Waals surface area contributed by atoms with E-state index in [0.717, 1.165) is 11.3 Å². The van der Waals surface area contributed by atoms with Crippen LogP contribution in [0.5, 0.6) is 5.75 Å². The molecule has 2 aliphatic rings. The number of rotatable bonds is 15. The number of benzene rings is 1. The highest BCUT2D eigenvalue weighted by Crippen LogP contribution is 2.52. The zero-order valence-electron chi connectivity index (χ0n) is 31.7. The van der Waals surface area contributed by atoms with Crippen LogP contribution >= 0.6 is 0 Å². The summed E-state index contributed by atoms with van der Waals surface area (Å²) in [6.07, 6.45) is 1.49. The molecule has 0 radical (unpaired) electrons. The van der Waals surface area contributed by atoms with Crippen molar-refractivity contribution in [1.29, 1.82) is 0 Å². The van der Waals surface area contributed by atoms with Crippen LogP contribution in [0.1, 0.15) is 74.8 Å². The Morgan fingerprint density at radius 3 is 2.04 bits per heavy atom. The third-order valence-corrected chi connectivity index (χ3v) is 20.0. The van der Waals surface area contributed by atoms with Gasteiger partial charge in [0.2, 0.25) is 0 Å². The van der Waals surface area contributed by atoms with Crippen molar-refractivity contribution in [3.05, 3.63) is 42.5 Å². The van der Waals surface area contributed by atoms with Crippen molar-refractivity contribution < 1.29 is 32.5 Å². The van der Waals surface area contributed by atoms with Crippen molar-refractivity contribution in [2.75, 3.05) is 26.9 Å². The molecular weight excluding hydrogens is 613 g/mol. The molecule has 0 spiro atoms. The zero-order chi connectivity index (χ0) is 34.9. The van der Waals surface area contributed by atoms with E-state index in [4.69, 9.17) is 32.5 Å². The third kappa shape index (κ3) is 9.34. The van der Waals surface area contributed by atoms with Gasteiger partial charge < -0.3 is 32.5 Å². The molecule has 1 aromatic rings. The van der Waals surface area contributed by atoms with Crippen LogP contribution in [0, 0.1) is 17.8 Å². The number of hydrogen-bond acceptors (Lipinski definition) is 7. The first-order valence-electron chi connectivity index (χ1n) is 17.1. The first kappa shape index (κ1) is 39.4. The Morgan fingerprint density at radius 2 is 1.52 bits per heavy atom. The second-order valence-corrected chi connectivity index (χ2v) is 26.9. The molecule has 0 unspecified atom stereocenters. The second kappa shape index (κ2) is 14.4. The van der Waals surface area contributed by atoms with Crippen molar-refractivity contribution >= 4 is 16.6 Å². The van der Waals surface area contributed by atoms with Gasteiger partial charge in [-0.3, -0.25) is 0 Å². The molecule has 0 N–H and O–H groups in total. The molecule has 2 heterocycles. The average molecular weight is 679 g/mol. The minimum Gasteiger partial charge on any atom is -0.497 e. The number of ether oxygens (including phenoxy) is 5. The summed E-state index contributed by atoms with van der Waals surface area (Å²) in [6, 6.07) is 8.02. The summed E-state index contributed by atoms with van der Waals surface area (Å²) < 4.78 is 45.7. The molecule has 0 aromatic heterocycles. The maximum Gasteiger partial charge on any atom is 0.192 e. The Labute approximate surface area is 283 Å². The molecule has 2 fully saturated rings. The fraction of sp³-hybridized carbons (Fsp3) is 0.784. The highest BCUT2D eigenvalue weighted by Gasteiger charge is 2.65. The van der Waals surface area contributed by atoms with E-state index >= 15 is 0 Å². The van der Waals surface area contributed by atoms with Crippen LogP contribution in [0.15, 0.2) is 36.9 Å². The lowest BCUT2D eigenvalue weighted by atomic mass is 9.79. The SMILES string of the molecule is C=C[C@H]1COC(C)(C)O[C@H]1[C@H](CO[Si](C)(C)C(C)(C)C)[C@H](O[Si](C)(C)C(C)(C)C)[C@]1(C)O[C@@H]1[C@@H](C)COCc1ccc(OC)cc1. The quantitative estimate of drug-likeness (QED) is 0.104. The van der Waals surface area contributed by atoms with Crippen LogP contribution < -0.4 is 4.74 Å². The van der Waals surface area contributed by atoms with Crippen LogP contribution in [-0.2, 0) is 34.4 Å². The van der Waals surface area contributed by atoms with E-state index in [1.165, 1.54) is 0 Å². The molecule has 0 amide bonds. The fourth-order valence-electron chi connectivity index (χ4n) is 5.77. The van der Waals surface area contributed by atoms with Crippen LogP contribution in [0.25, 0.3) is 0 Å². The van der Waals surface area contributed by atoms with E-state index < -0.39 is 28.0 Å². The van der Waals surface area contributed by atoms with E-state index in [1.54, 1.807) is 7.11 Å². The van der Waals surface area contributed by atoms with E-state index in [1.807, 2.05) is 44.2 Å². The second-order valence-electron chi connectivity index (χ2n) is 17.3. The Hall–Kier alpha value is -1.05. The molecule has 9 heteroatoms. The normalized spacial score (nSPS) is 27.5. The summed E-state index contributed by atoms with van der Waals surface area (Å²) in [5.74, 6) is 0.177. The maximum atomic E-state index is 7.47. The van der Waals surface area contributed by atoms with Gasteiger partial charge in [-0.1, -0.05) is 66.7 Å². The van der Waals surface area contributed by atoms with Gasteiger partial charge in [0.15, 0.2) is 22.4 Å². The smallest absolute Gasteiger partial charge is 0.192 e. The van der Waals surface area contributed by atoms with Crippen molar-refractivity contribution in [1.82, 2.24) is 0 Å². The number of hydrogen-bond donors (Lipinski definition) is 0. The van der Waals surface area contributed by atoms with Gasteiger partial charge in [0.25, 0.3) is 0 Å². The molecule has 7 nitrogen and oxygen atoms in total. The number of epoxide rings is 1. The topological polar surface area (TPSA) is 67.9 Å². The van der Waals surface area contributed by atoms with Gasteiger partial charge in [0.1, 0.15) is 11.4 Å². The van der Waals surface area contributed by atoms with Gasteiger partial charge in [-0.05, 0) is 74.7 Å². The molecule has 7 atom stereocenters. The molecule has 2 saturated heterocycles. The molecular formula is C37H66O7Si2. The summed E-state index contributed by atoms with van der Waals surface area (Å²) in [5.41, 5.74) is 0.585. The van der Waals surface area contributed by atoms with E-state index in [9.17, 15) is 0 Å². The largest absolute Gasteiger partial charge is 0.497 e. The summed E-state index contributed by atoms with van der Waals surface area (Å²) in [4.78, 5) is 0. The summed E-state index contributed by atoms with van der Waals surface area (Å²) >= 11 is 0. The Kier molecular flexibility index (Phi) is 12.4. The lowest BCUT2D eigenvalue weighted by molar-refractivity contribution is -0.303. The molecule has 0 saturated carbocycles. The van der Waals surface area contributed by atoms with Crippen LogP contribution in [0.3, 0.4) is 0 Å². The summed E-state index contributed by atoms with van der Waals surface area (Å²) in [6.45, 7) is 37.8. The highest BCUT2D eigenvalue weighted by molar-refractivity contribution is 6.74. The summed E-state index contributed by atoms with van der Waals surface area (Å²) in [5, 5.41) is 0.0802. The molecule has 3 rings (SSSR count). The zero-order valence-corrected chi connectivity index (χ0v) is 33.7. The fourth-order valence-corrected chi connectivity index (χ4v) is 8.21. The number of methoxy groups -OCH3 is 1. The standard InChI is InChI=1S/C37H66O7Si2/c1-17-28-24-40-36(9,10)42-31(28)30(25-41-45(13,14)34(3,4)5)33(44-46(15,16)35(6,7)8)37(11)32(43-37)26(2)22-39-23-27-18-20-29(38-12)21-19-27/h17-21,26,28,30-33H,1,22-25H2,2-16H3/t26-,28-,30-,31+,32+,33-,37+/m0/s1. The predicted molar refractivity (Wildman–Crippen MR) is 192 cm³/mol. The van der Waals surface area contributed by atoms with Crippen LogP contribution in [0.4, 0.5) is 0 Å². The monoisotopic (exact) mass is 678 g/mol. The van der Waals surface area contributed by atoms with Crippen molar-refractivity contribution in [2.45, 2.75) is 142 Å². The minimum atomic E-state index is -2.26. The van der Waals surface area contributed by atoms with Crippen molar-refractivity contribution in [3.8, 4) is 5.75 Å². The van der Waals surface area contributed by atoms with Gasteiger partial charge >= 0.3 is 0 Å². The average Bonchev–Trinajstić information content (AvgIpc) is 3.63. The van der Waals surface area contributed by atoms with Gasteiger partial charge in [0.05, 0.1) is 45.2 Å². The van der Waals surface area contributed by atoms with E-state index in [0.29, 0.717) is 26.4 Å². The Morgan fingerprint density at radius 1 is 0.935 bits per heavy atom. The first-order valence-corrected chi connectivity index (χ1v) is 22.9. The van der Waals surface area contributed by atoms with Gasteiger partial charge in [-0.2, -0.15) is 0 Å². The Balaban J connectivity index is 1.95. The lowest BCUT2D eigenvalue weighted by Crippen LogP contribution is -2.59. The minimum absolute atomic E-state index is 0.00221. The van der Waals surface area contributed by atoms with Crippen molar-refractivity contribution in [3.63, 3.8) is 0 Å². The molecule has 0 bridgehead atoms. The highest BCUT2D eigenvalue weighted by atomic mass is 28.4. The van der Waals surface area contributed by atoms with E-state index in [-0.39, 0.29) is 46.1 Å². The lowest BCUT2D eigenvalue weighted by Gasteiger charge is -2.49. The van der Waals surface area contributed by atoms with Crippen molar-refractivity contribution in [2.24, 2.45) is 17.8 Å². The third-order valence-electron chi connectivity index (χ3n) is 11.0. The van der Waals surface area contributed by atoms with E-state index in [2.05, 4.69) is 88.2 Å². The molecule has 0 aliphatic carbocycles. The van der Waals surface area contributed by atoms with Crippen LogP contribution in [0.2, 0.25) is 36.3 Å². The maximum absolute atomic E-state index is 7.47. The molecule has 264 valence electrons. The first-order chi connectivity index (χ1) is 21.0. The van der Waals surface area contributed by atoms with Gasteiger partial charge in [-0.25, -0.2) is 0 Å². The Bertz CT molecular complexity index is 1140.